The summed E-state index contributed by atoms with van der Waals surface area (Å²) in [4.78, 5) is 15.2. The van der Waals surface area contributed by atoms with Gasteiger partial charge < -0.3 is 9.47 Å². The molecule has 0 bridgehead atoms. The fraction of sp³-hybridized carbons (Fsp3) is 0.154. The van der Waals surface area contributed by atoms with Gasteiger partial charge in [-0.15, -0.1) is 0 Å². The predicted octanol–water partition coefficient (Wildman–Crippen LogP) is 6.75. The van der Waals surface area contributed by atoms with Crippen molar-refractivity contribution in [3.8, 4) is 11.5 Å². The molecule has 0 saturated carbocycles. The summed E-state index contributed by atoms with van der Waals surface area (Å²) in [5.41, 5.74) is 4.13. The van der Waals surface area contributed by atoms with Gasteiger partial charge in [-0.3, -0.25) is 9.69 Å². The summed E-state index contributed by atoms with van der Waals surface area (Å²) in [6.45, 7) is 2.94. The first kappa shape index (κ1) is 23.5. The lowest BCUT2D eigenvalue weighted by Gasteiger charge is -2.14. The minimum Gasteiger partial charge on any atom is -0.493 e. The SMILES string of the molecule is COc1cc(/C=C2\SC(=S)N(Cc3ccc(C)cc3)C2=O)ccc1OCc1ccc(Br)cc1. The van der Waals surface area contributed by atoms with Gasteiger partial charge in [-0.2, -0.15) is 0 Å². The molecule has 1 heterocycles. The van der Waals surface area contributed by atoms with Crippen molar-refractivity contribution in [2.45, 2.75) is 20.1 Å². The maximum atomic E-state index is 13.0. The zero-order chi connectivity index (χ0) is 23.4. The number of aryl methyl sites for hydroxylation is 1. The van der Waals surface area contributed by atoms with Crippen LogP contribution in [0.4, 0.5) is 0 Å². The standard InChI is InChI=1S/C26H22BrNO3S2/c1-17-3-5-18(6-4-17)15-28-25(29)24(33-26(28)32)14-20-9-12-22(23(13-20)30-2)31-16-19-7-10-21(27)11-8-19/h3-14H,15-16H2,1-2H3/b24-14-. The van der Waals surface area contributed by atoms with Crippen LogP contribution in [0.25, 0.3) is 6.08 Å². The normalized spacial score (nSPS) is 14.8. The largest absolute Gasteiger partial charge is 0.493 e. The first-order chi connectivity index (χ1) is 15.9. The summed E-state index contributed by atoms with van der Waals surface area (Å²) in [5.74, 6) is 1.17. The number of carbonyl (C=O) groups excluding carboxylic acids is 1. The molecule has 1 amide bonds. The van der Waals surface area contributed by atoms with E-state index in [0.717, 1.165) is 21.2 Å². The first-order valence-electron chi connectivity index (χ1n) is 10.3. The summed E-state index contributed by atoms with van der Waals surface area (Å²) in [6.07, 6.45) is 1.84. The quantitative estimate of drug-likeness (QED) is 0.245. The van der Waals surface area contributed by atoms with Gasteiger partial charge in [0.25, 0.3) is 5.91 Å². The molecule has 3 aromatic carbocycles. The van der Waals surface area contributed by atoms with Crippen molar-refractivity contribution in [3.05, 3.63) is 98.4 Å². The monoisotopic (exact) mass is 539 g/mol. The van der Waals surface area contributed by atoms with Crippen LogP contribution in [0.3, 0.4) is 0 Å². The van der Waals surface area contributed by atoms with E-state index in [1.165, 1.54) is 17.3 Å². The number of nitrogens with zero attached hydrogens (tertiary/aromatic N) is 1. The number of hydrogen-bond donors (Lipinski definition) is 0. The summed E-state index contributed by atoms with van der Waals surface area (Å²) < 4.78 is 13.1. The fourth-order valence-electron chi connectivity index (χ4n) is 3.30. The predicted molar refractivity (Wildman–Crippen MR) is 141 cm³/mol. The Morgan fingerprint density at radius 3 is 2.39 bits per heavy atom. The number of thiocarbonyl (C=S) groups is 1. The summed E-state index contributed by atoms with van der Waals surface area (Å²) in [7, 11) is 1.60. The number of carbonyl (C=O) groups is 1. The van der Waals surface area contributed by atoms with E-state index in [4.69, 9.17) is 21.7 Å². The highest BCUT2D eigenvalue weighted by atomic mass is 79.9. The van der Waals surface area contributed by atoms with E-state index in [2.05, 4.69) is 15.9 Å². The highest BCUT2D eigenvalue weighted by Gasteiger charge is 2.32. The van der Waals surface area contributed by atoms with Gasteiger partial charge in [-0.05, 0) is 54.0 Å². The number of rotatable bonds is 7. The van der Waals surface area contributed by atoms with Crippen molar-refractivity contribution < 1.29 is 14.3 Å². The average molecular weight is 541 g/mol. The van der Waals surface area contributed by atoms with Crippen LogP contribution >= 0.6 is 39.9 Å². The van der Waals surface area contributed by atoms with Gasteiger partial charge >= 0.3 is 0 Å². The Labute approximate surface area is 211 Å². The second kappa shape index (κ2) is 10.5. The third kappa shape index (κ3) is 5.85. The summed E-state index contributed by atoms with van der Waals surface area (Å²) >= 11 is 10.2. The maximum absolute atomic E-state index is 13.0. The van der Waals surface area contributed by atoms with E-state index in [9.17, 15) is 4.79 Å². The molecule has 0 aromatic heterocycles. The molecular weight excluding hydrogens is 518 g/mol. The van der Waals surface area contributed by atoms with E-state index < -0.39 is 0 Å². The van der Waals surface area contributed by atoms with Crippen molar-refractivity contribution in [1.82, 2.24) is 4.90 Å². The Morgan fingerprint density at radius 1 is 1.00 bits per heavy atom. The lowest BCUT2D eigenvalue weighted by molar-refractivity contribution is -0.122. The number of ether oxygens (including phenoxy) is 2. The van der Waals surface area contributed by atoms with Crippen LogP contribution in [0.5, 0.6) is 11.5 Å². The van der Waals surface area contributed by atoms with Crippen molar-refractivity contribution in [3.63, 3.8) is 0 Å². The molecule has 0 atom stereocenters. The molecule has 0 aliphatic carbocycles. The van der Waals surface area contributed by atoms with E-state index in [1.807, 2.05) is 79.7 Å². The van der Waals surface area contributed by atoms with Gasteiger partial charge in [-0.25, -0.2) is 0 Å². The second-order valence-corrected chi connectivity index (χ2v) is 10.2. The molecule has 1 saturated heterocycles. The van der Waals surface area contributed by atoms with Crippen molar-refractivity contribution >= 4 is 56.2 Å². The third-order valence-electron chi connectivity index (χ3n) is 5.13. The molecule has 0 spiro atoms. The van der Waals surface area contributed by atoms with Gasteiger partial charge in [0, 0.05) is 4.47 Å². The van der Waals surface area contributed by atoms with Gasteiger partial charge in [0.15, 0.2) is 11.5 Å². The van der Waals surface area contributed by atoms with Gasteiger partial charge in [-0.1, -0.05) is 87.9 Å². The molecule has 0 unspecified atom stereocenters. The Kier molecular flexibility index (Phi) is 7.53. The summed E-state index contributed by atoms with van der Waals surface area (Å²) in [5, 5.41) is 0. The van der Waals surface area contributed by atoms with Crippen molar-refractivity contribution in [2.24, 2.45) is 0 Å². The molecule has 1 aliphatic rings. The van der Waals surface area contributed by atoms with E-state index in [1.54, 1.807) is 12.0 Å². The first-order valence-corrected chi connectivity index (χ1v) is 12.3. The minimum atomic E-state index is -0.0832. The van der Waals surface area contributed by atoms with E-state index in [0.29, 0.717) is 33.9 Å². The number of hydrogen-bond acceptors (Lipinski definition) is 5. The Bertz CT molecular complexity index is 1210. The molecular formula is C26H22BrNO3S2. The number of benzene rings is 3. The zero-order valence-corrected chi connectivity index (χ0v) is 21.4. The molecule has 7 heteroatoms. The Morgan fingerprint density at radius 2 is 1.70 bits per heavy atom. The van der Waals surface area contributed by atoms with Crippen LogP contribution in [0, 0.1) is 6.92 Å². The minimum absolute atomic E-state index is 0.0832. The highest BCUT2D eigenvalue weighted by molar-refractivity contribution is 9.10. The van der Waals surface area contributed by atoms with Gasteiger partial charge in [0.2, 0.25) is 0 Å². The van der Waals surface area contributed by atoms with E-state index in [-0.39, 0.29) is 5.91 Å². The molecule has 1 fully saturated rings. The molecule has 4 rings (SSSR count). The van der Waals surface area contributed by atoms with Gasteiger partial charge in [0.1, 0.15) is 10.9 Å². The Balaban J connectivity index is 1.47. The molecule has 3 aromatic rings. The third-order valence-corrected chi connectivity index (χ3v) is 7.03. The number of methoxy groups -OCH3 is 1. The molecule has 0 N–H and O–H groups in total. The van der Waals surface area contributed by atoms with Crippen LogP contribution in [0.15, 0.2) is 76.1 Å². The second-order valence-electron chi connectivity index (χ2n) is 7.58. The number of halogens is 1. The zero-order valence-electron chi connectivity index (χ0n) is 18.2. The molecule has 168 valence electrons. The highest BCUT2D eigenvalue weighted by Crippen LogP contribution is 2.35. The summed E-state index contributed by atoms with van der Waals surface area (Å²) in [6, 6.07) is 21.7. The lowest BCUT2D eigenvalue weighted by atomic mass is 10.1. The van der Waals surface area contributed by atoms with Crippen LogP contribution in [0.1, 0.15) is 22.3 Å². The van der Waals surface area contributed by atoms with Crippen LogP contribution in [-0.4, -0.2) is 22.2 Å². The van der Waals surface area contributed by atoms with Crippen molar-refractivity contribution in [1.29, 1.82) is 0 Å². The topological polar surface area (TPSA) is 38.8 Å². The van der Waals surface area contributed by atoms with Crippen LogP contribution in [-0.2, 0) is 17.9 Å². The smallest absolute Gasteiger partial charge is 0.266 e. The maximum Gasteiger partial charge on any atom is 0.266 e. The van der Waals surface area contributed by atoms with Gasteiger partial charge in [0.05, 0.1) is 18.6 Å². The number of thioether (sulfide) groups is 1. The average Bonchev–Trinajstić information content (AvgIpc) is 3.07. The molecule has 33 heavy (non-hydrogen) atoms. The number of amides is 1. The molecule has 1 aliphatic heterocycles. The lowest BCUT2D eigenvalue weighted by Crippen LogP contribution is -2.27. The molecule has 0 radical (unpaired) electrons. The van der Waals surface area contributed by atoms with E-state index >= 15 is 0 Å². The van der Waals surface area contributed by atoms with Crippen LogP contribution < -0.4 is 9.47 Å². The Hall–Kier alpha value is -2.61. The fourth-order valence-corrected chi connectivity index (χ4v) is 4.82. The van der Waals surface area contributed by atoms with Crippen molar-refractivity contribution in [2.75, 3.05) is 7.11 Å². The molecule has 4 nitrogen and oxygen atoms in total. The van der Waals surface area contributed by atoms with Crippen LogP contribution in [0.2, 0.25) is 0 Å².